The van der Waals surface area contributed by atoms with Gasteiger partial charge in [0.15, 0.2) is 0 Å². The topological polar surface area (TPSA) is 61.4 Å². The Morgan fingerprint density at radius 3 is 2.78 bits per heavy atom. The van der Waals surface area contributed by atoms with Crippen LogP contribution >= 0.6 is 0 Å². The number of anilines is 1. The Morgan fingerprint density at radius 2 is 2.11 bits per heavy atom. The molecule has 4 nitrogen and oxygen atoms in total. The number of para-hydroxylation sites is 1. The quantitative estimate of drug-likeness (QED) is 0.740. The Hall–Kier alpha value is -1.39. The first-order valence-corrected chi connectivity index (χ1v) is 6.39. The summed E-state index contributed by atoms with van der Waals surface area (Å²) in [6, 6.07) is 7.80. The number of carbonyl (C=O) groups excluding carboxylic acids is 1. The Bertz CT molecular complexity index is 414. The van der Waals surface area contributed by atoms with E-state index in [4.69, 9.17) is 0 Å². The standard InChI is InChI=1S/C14H20N2O2/c1-10(17)16-14-5-3-2-4-12(14)9-15-8-11-6-13(18)7-11/h2-5,11,13,15,18H,6-9H2,1H3,(H,16,17). The second-order valence-corrected chi connectivity index (χ2v) is 4.96. The van der Waals surface area contributed by atoms with E-state index in [1.54, 1.807) is 0 Å². The largest absolute Gasteiger partial charge is 0.393 e. The molecule has 18 heavy (non-hydrogen) atoms. The molecule has 1 aliphatic rings. The van der Waals surface area contributed by atoms with Crippen LogP contribution in [0, 0.1) is 5.92 Å². The van der Waals surface area contributed by atoms with E-state index < -0.39 is 0 Å². The molecule has 1 saturated carbocycles. The zero-order valence-corrected chi connectivity index (χ0v) is 10.6. The molecule has 4 heteroatoms. The lowest BCUT2D eigenvalue weighted by atomic mass is 9.82. The molecule has 1 amide bonds. The third-order valence-electron chi connectivity index (χ3n) is 3.29. The van der Waals surface area contributed by atoms with E-state index in [-0.39, 0.29) is 12.0 Å². The van der Waals surface area contributed by atoms with E-state index in [0.717, 1.165) is 37.2 Å². The molecule has 0 aromatic heterocycles. The maximum absolute atomic E-state index is 11.1. The van der Waals surface area contributed by atoms with Crippen LogP contribution in [0.3, 0.4) is 0 Å². The second kappa shape index (κ2) is 5.98. The Kier molecular flexibility index (Phi) is 4.33. The molecular formula is C14H20N2O2. The Labute approximate surface area is 107 Å². The predicted molar refractivity (Wildman–Crippen MR) is 71.2 cm³/mol. The molecule has 1 aromatic rings. The lowest BCUT2D eigenvalue weighted by Gasteiger charge is -2.31. The van der Waals surface area contributed by atoms with Crippen LogP contribution in [0.1, 0.15) is 25.3 Å². The van der Waals surface area contributed by atoms with Crippen molar-refractivity contribution in [3.05, 3.63) is 29.8 Å². The highest BCUT2D eigenvalue weighted by Crippen LogP contribution is 2.26. The van der Waals surface area contributed by atoms with Crippen LogP contribution < -0.4 is 10.6 Å². The number of carbonyl (C=O) groups is 1. The molecule has 2 rings (SSSR count). The summed E-state index contributed by atoms with van der Waals surface area (Å²) in [6.07, 6.45) is 1.71. The van der Waals surface area contributed by atoms with Crippen molar-refractivity contribution < 1.29 is 9.90 Å². The number of hydrogen-bond donors (Lipinski definition) is 3. The molecular weight excluding hydrogens is 228 g/mol. The number of benzene rings is 1. The molecule has 98 valence electrons. The molecule has 0 aliphatic heterocycles. The van der Waals surface area contributed by atoms with Crippen molar-refractivity contribution in [1.82, 2.24) is 5.32 Å². The van der Waals surface area contributed by atoms with E-state index in [1.165, 1.54) is 6.92 Å². The van der Waals surface area contributed by atoms with Gasteiger partial charge in [0.25, 0.3) is 0 Å². The molecule has 3 N–H and O–H groups in total. The van der Waals surface area contributed by atoms with Gasteiger partial charge in [0, 0.05) is 19.2 Å². The molecule has 1 aromatic carbocycles. The van der Waals surface area contributed by atoms with Gasteiger partial charge in [-0.05, 0) is 36.9 Å². The van der Waals surface area contributed by atoms with E-state index >= 15 is 0 Å². The lowest BCUT2D eigenvalue weighted by Crippen LogP contribution is -2.36. The fraction of sp³-hybridized carbons (Fsp3) is 0.500. The van der Waals surface area contributed by atoms with Crippen LogP contribution in [0.15, 0.2) is 24.3 Å². The molecule has 1 fully saturated rings. The van der Waals surface area contributed by atoms with Gasteiger partial charge in [-0.25, -0.2) is 0 Å². The van der Waals surface area contributed by atoms with Crippen LogP contribution in [0.2, 0.25) is 0 Å². The fourth-order valence-electron chi connectivity index (χ4n) is 2.26. The third kappa shape index (κ3) is 3.55. The highest BCUT2D eigenvalue weighted by atomic mass is 16.3. The predicted octanol–water partition coefficient (Wildman–Crippen LogP) is 1.51. The summed E-state index contributed by atoms with van der Waals surface area (Å²) in [5.41, 5.74) is 1.96. The van der Waals surface area contributed by atoms with Crippen LogP contribution in [0.5, 0.6) is 0 Å². The molecule has 1 aliphatic carbocycles. The molecule has 0 heterocycles. The molecule has 0 atom stereocenters. The molecule has 0 saturated heterocycles. The number of rotatable bonds is 5. The summed E-state index contributed by atoms with van der Waals surface area (Å²) < 4.78 is 0. The first-order chi connectivity index (χ1) is 8.65. The fourth-order valence-corrected chi connectivity index (χ4v) is 2.26. The normalized spacial score (nSPS) is 22.3. The second-order valence-electron chi connectivity index (χ2n) is 4.96. The number of amides is 1. The first-order valence-electron chi connectivity index (χ1n) is 6.39. The van der Waals surface area contributed by atoms with E-state index in [1.807, 2.05) is 24.3 Å². The Balaban J connectivity index is 1.82. The average Bonchev–Trinajstić information content (AvgIpc) is 2.28. The van der Waals surface area contributed by atoms with E-state index in [2.05, 4.69) is 10.6 Å². The minimum absolute atomic E-state index is 0.0513. The number of nitrogens with one attached hydrogen (secondary N) is 2. The number of hydrogen-bond acceptors (Lipinski definition) is 3. The van der Waals surface area contributed by atoms with E-state index in [9.17, 15) is 9.90 Å². The maximum atomic E-state index is 11.1. The SMILES string of the molecule is CC(=O)Nc1ccccc1CNCC1CC(O)C1. The van der Waals surface area contributed by atoms with Gasteiger partial charge in [-0.1, -0.05) is 18.2 Å². The summed E-state index contributed by atoms with van der Waals surface area (Å²) in [6.45, 7) is 3.18. The monoisotopic (exact) mass is 248 g/mol. The van der Waals surface area contributed by atoms with Crippen molar-refractivity contribution in [3.63, 3.8) is 0 Å². The van der Waals surface area contributed by atoms with Crippen molar-refractivity contribution >= 4 is 11.6 Å². The smallest absolute Gasteiger partial charge is 0.221 e. The highest BCUT2D eigenvalue weighted by Gasteiger charge is 2.26. The van der Waals surface area contributed by atoms with Crippen molar-refractivity contribution in [2.45, 2.75) is 32.4 Å². The lowest BCUT2D eigenvalue weighted by molar-refractivity contribution is -0.114. The van der Waals surface area contributed by atoms with Crippen molar-refractivity contribution in [3.8, 4) is 0 Å². The van der Waals surface area contributed by atoms with Crippen LogP contribution in [0.4, 0.5) is 5.69 Å². The number of aliphatic hydroxyl groups excluding tert-OH is 1. The summed E-state index contributed by atoms with van der Waals surface area (Å²) in [5, 5.41) is 15.4. The zero-order chi connectivity index (χ0) is 13.0. The third-order valence-corrected chi connectivity index (χ3v) is 3.29. The van der Waals surface area contributed by atoms with Gasteiger partial charge >= 0.3 is 0 Å². The molecule has 0 unspecified atom stereocenters. The first kappa shape index (κ1) is 13.1. The van der Waals surface area contributed by atoms with Crippen LogP contribution in [0.25, 0.3) is 0 Å². The van der Waals surface area contributed by atoms with Gasteiger partial charge in [0.05, 0.1) is 6.10 Å². The van der Waals surface area contributed by atoms with Gasteiger partial charge in [-0.3, -0.25) is 4.79 Å². The summed E-state index contributed by atoms with van der Waals surface area (Å²) in [4.78, 5) is 11.1. The maximum Gasteiger partial charge on any atom is 0.221 e. The highest BCUT2D eigenvalue weighted by molar-refractivity contribution is 5.89. The minimum Gasteiger partial charge on any atom is -0.393 e. The summed E-state index contributed by atoms with van der Waals surface area (Å²) >= 11 is 0. The van der Waals surface area contributed by atoms with Gasteiger partial charge in [-0.15, -0.1) is 0 Å². The van der Waals surface area contributed by atoms with Gasteiger partial charge in [0.1, 0.15) is 0 Å². The zero-order valence-electron chi connectivity index (χ0n) is 10.6. The van der Waals surface area contributed by atoms with E-state index in [0.29, 0.717) is 5.92 Å². The van der Waals surface area contributed by atoms with Gasteiger partial charge < -0.3 is 15.7 Å². The van der Waals surface area contributed by atoms with Gasteiger partial charge in [-0.2, -0.15) is 0 Å². The average molecular weight is 248 g/mol. The summed E-state index contributed by atoms with van der Waals surface area (Å²) in [7, 11) is 0. The van der Waals surface area contributed by atoms with Gasteiger partial charge in [0.2, 0.25) is 5.91 Å². The molecule has 0 spiro atoms. The van der Waals surface area contributed by atoms with Crippen molar-refractivity contribution in [2.75, 3.05) is 11.9 Å². The minimum atomic E-state index is -0.0940. The molecule has 0 radical (unpaired) electrons. The van der Waals surface area contributed by atoms with Crippen molar-refractivity contribution in [1.29, 1.82) is 0 Å². The summed E-state index contributed by atoms with van der Waals surface area (Å²) in [5.74, 6) is 0.539. The van der Waals surface area contributed by atoms with Crippen LogP contribution in [-0.2, 0) is 11.3 Å². The Morgan fingerprint density at radius 1 is 1.39 bits per heavy atom. The number of aliphatic hydroxyl groups is 1. The van der Waals surface area contributed by atoms with Crippen LogP contribution in [-0.4, -0.2) is 23.7 Å². The molecule has 0 bridgehead atoms. The van der Waals surface area contributed by atoms with Crippen molar-refractivity contribution in [2.24, 2.45) is 5.92 Å².